The van der Waals surface area contributed by atoms with Gasteiger partial charge in [0.05, 0.1) is 30.3 Å². The molecule has 0 radical (unpaired) electrons. The number of carbonyl (C=O) groups excluding carboxylic acids is 2. The van der Waals surface area contributed by atoms with Crippen LogP contribution in [-0.2, 0) is 0 Å². The van der Waals surface area contributed by atoms with Crippen LogP contribution in [0.25, 0.3) is 0 Å². The van der Waals surface area contributed by atoms with E-state index in [0.29, 0.717) is 34.3 Å². The van der Waals surface area contributed by atoms with Gasteiger partial charge in [0.2, 0.25) is 0 Å². The van der Waals surface area contributed by atoms with Crippen molar-refractivity contribution in [3.63, 3.8) is 0 Å². The summed E-state index contributed by atoms with van der Waals surface area (Å²) in [5.41, 5.74) is 3.44. The van der Waals surface area contributed by atoms with Gasteiger partial charge in [0.15, 0.2) is 6.29 Å². The summed E-state index contributed by atoms with van der Waals surface area (Å²) in [5, 5.41) is 6.81. The molecule has 4 aliphatic rings. The van der Waals surface area contributed by atoms with E-state index in [2.05, 4.69) is 32.5 Å². The zero-order valence-corrected chi connectivity index (χ0v) is 24.8. The highest BCUT2D eigenvalue weighted by atomic mass is 16.5. The predicted octanol–water partition coefficient (Wildman–Crippen LogP) is 2.31. The number of fused-ring (bicyclic) bond motifs is 1. The van der Waals surface area contributed by atoms with Crippen molar-refractivity contribution in [3.05, 3.63) is 65.1 Å². The summed E-state index contributed by atoms with van der Waals surface area (Å²) >= 11 is 0. The Kier molecular flexibility index (Phi) is 7.78. The number of para-hydroxylation sites is 1. The SMILES string of the molecule is COc1cc(C(=O)N2CCC(N3CCN(C)CC3)CC2)ccc1NC1N=CC2=C(N1)N(C)c1ccccc1C(=O)N2C. The molecule has 42 heavy (non-hydrogen) atoms. The monoisotopic (exact) mass is 572 g/mol. The third kappa shape index (κ3) is 5.30. The first-order valence-electron chi connectivity index (χ1n) is 14.7. The maximum Gasteiger partial charge on any atom is 0.260 e. The number of allylic oxidation sites excluding steroid dienone is 1. The van der Waals surface area contributed by atoms with Crippen molar-refractivity contribution in [3.8, 4) is 5.75 Å². The van der Waals surface area contributed by atoms with Crippen molar-refractivity contribution in [2.45, 2.75) is 25.2 Å². The highest BCUT2D eigenvalue weighted by molar-refractivity contribution is 6.05. The molecule has 0 saturated carbocycles. The Labute approximate surface area is 247 Å². The molecule has 2 saturated heterocycles. The summed E-state index contributed by atoms with van der Waals surface area (Å²) in [7, 11) is 7.46. The second-order valence-electron chi connectivity index (χ2n) is 11.4. The molecule has 2 fully saturated rings. The molecule has 2 amide bonds. The topological polar surface area (TPSA) is 96.0 Å². The summed E-state index contributed by atoms with van der Waals surface area (Å²) in [6, 6.07) is 13.6. The maximum absolute atomic E-state index is 13.4. The Bertz CT molecular complexity index is 1410. The number of anilines is 2. The van der Waals surface area contributed by atoms with Crippen LogP contribution in [0.1, 0.15) is 33.6 Å². The fourth-order valence-electron chi connectivity index (χ4n) is 6.29. The number of aliphatic imine (C=N–C) groups is 1. The standard InChI is InChI=1S/C31H40N8O3/c1-35-15-17-38(18-16-35)22-11-13-39(14-12-22)29(40)21-9-10-24(27(19-21)42-4)33-31-32-20-26-28(34-31)36(2)25-8-6-5-7-23(25)30(41)37(26)3/h5-10,19-20,22,31,33-34H,11-18H2,1-4H3. The molecule has 1 unspecified atom stereocenters. The Morgan fingerprint density at radius 1 is 0.976 bits per heavy atom. The first-order valence-corrected chi connectivity index (χ1v) is 14.7. The van der Waals surface area contributed by atoms with Gasteiger partial charge < -0.3 is 35.0 Å². The molecule has 2 N–H and O–H groups in total. The summed E-state index contributed by atoms with van der Waals surface area (Å²) < 4.78 is 5.70. The lowest BCUT2D eigenvalue weighted by atomic mass is 10.0. The molecule has 11 heteroatoms. The number of nitrogens with zero attached hydrogens (tertiary/aromatic N) is 6. The molecule has 11 nitrogen and oxygen atoms in total. The molecular formula is C31H40N8O3. The molecule has 2 aromatic rings. The number of piperidine rings is 1. The highest BCUT2D eigenvalue weighted by Gasteiger charge is 2.32. The van der Waals surface area contributed by atoms with Gasteiger partial charge in [0.25, 0.3) is 11.8 Å². The van der Waals surface area contributed by atoms with Crippen LogP contribution < -0.4 is 20.3 Å². The van der Waals surface area contributed by atoms with Gasteiger partial charge in [-0.3, -0.25) is 14.5 Å². The largest absolute Gasteiger partial charge is 0.495 e. The number of nitrogens with one attached hydrogen (secondary N) is 2. The fraction of sp³-hybridized carbons (Fsp3) is 0.452. The van der Waals surface area contributed by atoms with E-state index in [-0.39, 0.29) is 11.8 Å². The van der Waals surface area contributed by atoms with E-state index in [1.54, 1.807) is 31.3 Å². The van der Waals surface area contributed by atoms with Crippen LogP contribution in [0.5, 0.6) is 5.75 Å². The number of hydrogen-bond donors (Lipinski definition) is 2. The van der Waals surface area contributed by atoms with Gasteiger partial charge in [-0.2, -0.15) is 0 Å². The van der Waals surface area contributed by atoms with E-state index in [9.17, 15) is 9.59 Å². The molecule has 0 aromatic heterocycles. The van der Waals surface area contributed by atoms with E-state index in [1.807, 2.05) is 53.2 Å². The van der Waals surface area contributed by atoms with Crippen molar-refractivity contribution in [2.75, 3.05) is 77.7 Å². The van der Waals surface area contributed by atoms with Crippen molar-refractivity contribution in [1.82, 2.24) is 24.9 Å². The van der Waals surface area contributed by atoms with E-state index in [4.69, 9.17) is 4.74 Å². The van der Waals surface area contributed by atoms with Crippen LogP contribution in [0.3, 0.4) is 0 Å². The minimum absolute atomic E-state index is 0.0340. The van der Waals surface area contributed by atoms with E-state index in [0.717, 1.165) is 63.6 Å². The smallest absolute Gasteiger partial charge is 0.260 e. The average Bonchev–Trinajstić information content (AvgIpc) is 3.10. The van der Waals surface area contributed by atoms with Crippen molar-refractivity contribution in [1.29, 1.82) is 0 Å². The van der Waals surface area contributed by atoms with Gasteiger partial charge in [-0.1, -0.05) is 12.1 Å². The summed E-state index contributed by atoms with van der Waals surface area (Å²) in [6.45, 7) is 5.98. The minimum Gasteiger partial charge on any atom is -0.495 e. The molecule has 6 rings (SSSR count). The van der Waals surface area contributed by atoms with Crippen molar-refractivity contribution in [2.24, 2.45) is 4.99 Å². The number of likely N-dealkylation sites (tertiary alicyclic amines) is 1. The highest BCUT2D eigenvalue weighted by Crippen LogP contribution is 2.32. The van der Waals surface area contributed by atoms with Gasteiger partial charge >= 0.3 is 0 Å². The molecule has 222 valence electrons. The third-order valence-corrected chi connectivity index (χ3v) is 8.91. The molecular weight excluding hydrogens is 532 g/mol. The molecule has 4 aliphatic heterocycles. The Hall–Kier alpha value is -4.09. The summed E-state index contributed by atoms with van der Waals surface area (Å²) in [6.07, 6.45) is 3.22. The molecule has 1 atom stereocenters. The average molecular weight is 573 g/mol. The lowest BCUT2D eigenvalue weighted by Crippen LogP contribution is -2.52. The number of carbonyl (C=O) groups is 2. The summed E-state index contributed by atoms with van der Waals surface area (Å²) in [4.78, 5) is 41.7. The number of amides is 2. The lowest BCUT2D eigenvalue weighted by Gasteiger charge is -2.42. The Morgan fingerprint density at radius 3 is 2.45 bits per heavy atom. The van der Waals surface area contributed by atoms with Crippen molar-refractivity contribution >= 4 is 29.4 Å². The summed E-state index contributed by atoms with van der Waals surface area (Å²) in [5.74, 6) is 1.27. The fourth-order valence-corrected chi connectivity index (χ4v) is 6.29. The van der Waals surface area contributed by atoms with E-state index < -0.39 is 6.29 Å². The van der Waals surface area contributed by atoms with Gasteiger partial charge in [-0.05, 0) is 50.2 Å². The zero-order valence-electron chi connectivity index (χ0n) is 24.8. The number of likely N-dealkylation sites (N-methyl/N-ethyl adjacent to an activating group) is 1. The van der Waals surface area contributed by atoms with Gasteiger partial charge in [-0.15, -0.1) is 0 Å². The quantitative estimate of drug-likeness (QED) is 0.564. The number of methoxy groups -OCH3 is 1. The normalized spacial score (nSPS) is 22.0. The minimum atomic E-state index is -0.510. The van der Waals surface area contributed by atoms with Gasteiger partial charge in [-0.25, -0.2) is 4.99 Å². The maximum atomic E-state index is 13.4. The van der Waals surface area contributed by atoms with Gasteiger partial charge in [0, 0.05) is 65.0 Å². The lowest BCUT2D eigenvalue weighted by molar-refractivity contribution is 0.0518. The number of benzene rings is 2. The van der Waals surface area contributed by atoms with Crippen LogP contribution in [0.15, 0.2) is 59.0 Å². The Morgan fingerprint density at radius 2 is 1.71 bits per heavy atom. The predicted molar refractivity (Wildman–Crippen MR) is 164 cm³/mol. The molecule has 0 bridgehead atoms. The molecule has 2 aromatic carbocycles. The van der Waals surface area contributed by atoms with Gasteiger partial charge in [0.1, 0.15) is 17.3 Å². The molecule has 0 aliphatic carbocycles. The first-order chi connectivity index (χ1) is 20.3. The number of hydrogen-bond acceptors (Lipinski definition) is 9. The number of ether oxygens (including phenoxy) is 1. The van der Waals surface area contributed by atoms with E-state index in [1.165, 1.54) is 0 Å². The first kappa shape index (κ1) is 28.0. The van der Waals surface area contributed by atoms with Crippen molar-refractivity contribution < 1.29 is 14.3 Å². The van der Waals surface area contributed by atoms with E-state index >= 15 is 0 Å². The van der Waals surface area contributed by atoms with Crippen LogP contribution in [0, 0.1) is 0 Å². The molecule has 0 spiro atoms. The Balaban J connectivity index is 1.12. The van der Waals surface area contributed by atoms with Crippen LogP contribution in [-0.4, -0.2) is 117 Å². The second-order valence-corrected chi connectivity index (χ2v) is 11.4. The second kappa shape index (κ2) is 11.7. The number of rotatable bonds is 5. The third-order valence-electron chi connectivity index (χ3n) is 8.91. The molecule has 4 heterocycles. The van der Waals surface area contributed by atoms with Crippen LogP contribution in [0.2, 0.25) is 0 Å². The zero-order chi connectivity index (χ0) is 29.4. The van der Waals surface area contributed by atoms with Crippen LogP contribution >= 0.6 is 0 Å². The number of piperazine rings is 1. The van der Waals surface area contributed by atoms with Crippen LogP contribution in [0.4, 0.5) is 11.4 Å².